The molecule has 0 spiro atoms. The first kappa shape index (κ1) is 14.9. The molecular weight excluding hydrogens is 265 g/mol. The Morgan fingerprint density at radius 3 is 2.33 bits per heavy atom. The zero-order valence-electron chi connectivity index (χ0n) is 13.1. The van der Waals surface area contributed by atoms with E-state index in [9.17, 15) is 4.39 Å². The Morgan fingerprint density at radius 1 is 1.24 bits per heavy atom. The predicted molar refractivity (Wildman–Crippen MR) is 83.5 cm³/mol. The van der Waals surface area contributed by atoms with Crippen LogP contribution in [0.5, 0.6) is 0 Å². The summed E-state index contributed by atoms with van der Waals surface area (Å²) in [6, 6.07) is 8.16. The molecule has 0 aromatic heterocycles. The van der Waals surface area contributed by atoms with Crippen molar-refractivity contribution in [3.05, 3.63) is 35.6 Å². The maximum Gasteiger partial charge on any atom is 0.123 e. The minimum atomic E-state index is -0.174. The third-order valence-electron chi connectivity index (χ3n) is 5.74. The minimum absolute atomic E-state index is 0.0900. The highest BCUT2D eigenvalue weighted by Gasteiger charge is 2.48. The summed E-state index contributed by atoms with van der Waals surface area (Å²) in [5.41, 5.74) is 7.44. The van der Waals surface area contributed by atoms with Crippen molar-refractivity contribution in [2.24, 2.45) is 5.73 Å². The van der Waals surface area contributed by atoms with Crippen LogP contribution in [0.3, 0.4) is 0 Å². The van der Waals surface area contributed by atoms with Crippen molar-refractivity contribution >= 4 is 0 Å². The first-order chi connectivity index (χ1) is 10.0. The van der Waals surface area contributed by atoms with Gasteiger partial charge in [-0.1, -0.05) is 12.1 Å². The van der Waals surface area contributed by atoms with Crippen LogP contribution in [0.25, 0.3) is 0 Å². The molecule has 2 aliphatic heterocycles. The molecule has 3 rings (SSSR count). The molecule has 0 saturated carbocycles. The molecule has 2 aliphatic rings. The zero-order valence-corrected chi connectivity index (χ0v) is 13.1. The van der Waals surface area contributed by atoms with Crippen LogP contribution in [0, 0.1) is 5.82 Å². The van der Waals surface area contributed by atoms with Crippen LogP contribution < -0.4 is 5.73 Å². The van der Waals surface area contributed by atoms with Crippen LogP contribution >= 0.6 is 0 Å². The van der Waals surface area contributed by atoms with Gasteiger partial charge in [-0.15, -0.1) is 0 Å². The Morgan fingerprint density at radius 2 is 1.81 bits per heavy atom. The number of nitrogens with zero attached hydrogens (tertiary/aromatic N) is 2. The highest BCUT2D eigenvalue weighted by molar-refractivity contribution is 5.17. The maximum atomic E-state index is 13.0. The van der Waals surface area contributed by atoms with Gasteiger partial charge >= 0.3 is 0 Å². The molecule has 0 aliphatic carbocycles. The van der Waals surface area contributed by atoms with Crippen molar-refractivity contribution in [2.45, 2.75) is 49.9 Å². The van der Waals surface area contributed by atoms with Crippen LogP contribution in [0.1, 0.15) is 31.2 Å². The highest BCUT2D eigenvalue weighted by Crippen LogP contribution is 2.42. The summed E-state index contributed by atoms with van der Waals surface area (Å²) >= 11 is 0. The highest BCUT2D eigenvalue weighted by atomic mass is 19.1. The van der Waals surface area contributed by atoms with Gasteiger partial charge in [-0.2, -0.15) is 0 Å². The molecule has 2 fully saturated rings. The summed E-state index contributed by atoms with van der Waals surface area (Å²) in [4.78, 5) is 4.94. The van der Waals surface area contributed by atoms with Gasteiger partial charge in [-0.3, -0.25) is 4.90 Å². The second-order valence-electron chi connectivity index (χ2n) is 6.87. The van der Waals surface area contributed by atoms with E-state index < -0.39 is 0 Å². The number of rotatable bonds is 4. The number of likely N-dealkylation sites (N-methyl/N-ethyl adjacent to an activating group) is 1. The predicted octanol–water partition coefficient (Wildman–Crippen LogP) is 2.21. The van der Waals surface area contributed by atoms with E-state index in [1.54, 1.807) is 0 Å². The molecule has 1 aromatic rings. The van der Waals surface area contributed by atoms with Gasteiger partial charge in [-0.05, 0) is 57.5 Å². The number of benzene rings is 1. The number of nitrogens with two attached hydrogens (primary N) is 1. The van der Waals surface area contributed by atoms with E-state index in [1.165, 1.54) is 25.0 Å². The monoisotopic (exact) mass is 291 g/mol. The summed E-state index contributed by atoms with van der Waals surface area (Å²) in [5.74, 6) is -0.174. The summed E-state index contributed by atoms with van der Waals surface area (Å²) in [7, 11) is 4.42. The SMILES string of the molecule is CN1C2CCC1CC(CN)(N(C)Cc1ccc(F)cc1)C2. The van der Waals surface area contributed by atoms with Gasteiger partial charge in [-0.25, -0.2) is 4.39 Å². The van der Waals surface area contributed by atoms with Crippen molar-refractivity contribution in [2.75, 3.05) is 20.6 Å². The van der Waals surface area contributed by atoms with E-state index >= 15 is 0 Å². The van der Waals surface area contributed by atoms with Gasteiger partial charge < -0.3 is 10.6 Å². The van der Waals surface area contributed by atoms with E-state index in [1.807, 2.05) is 12.1 Å². The molecule has 2 saturated heterocycles. The number of fused-ring (bicyclic) bond motifs is 2. The summed E-state index contributed by atoms with van der Waals surface area (Å²) < 4.78 is 13.0. The Labute approximate surface area is 126 Å². The minimum Gasteiger partial charge on any atom is -0.329 e. The number of piperidine rings is 1. The largest absolute Gasteiger partial charge is 0.329 e. The molecule has 4 heteroatoms. The topological polar surface area (TPSA) is 32.5 Å². The normalized spacial score (nSPS) is 32.8. The van der Waals surface area contributed by atoms with Crippen molar-refractivity contribution in [3.63, 3.8) is 0 Å². The van der Waals surface area contributed by atoms with Crippen molar-refractivity contribution in [1.82, 2.24) is 9.80 Å². The van der Waals surface area contributed by atoms with E-state index in [0.29, 0.717) is 18.6 Å². The molecule has 21 heavy (non-hydrogen) atoms. The Hall–Kier alpha value is -0.970. The maximum absolute atomic E-state index is 13.0. The van der Waals surface area contributed by atoms with E-state index in [-0.39, 0.29) is 11.4 Å². The average Bonchev–Trinajstić information content (AvgIpc) is 2.72. The van der Waals surface area contributed by atoms with Gasteiger partial charge in [0.15, 0.2) is 0 Å². The molecule has 2 heterocycles. The number of hydrogen-bond donors (Lipinski definition) is 1. The van der Waals surface area contributed by atoms with E-state index in [4.69, 9.17) is 5.73 Å². The molecule has 3 nitrogen and oxygen atoms in total. The van der Waals surface area contributed by atoms with Gasteiger partial charge in [0.1, 0.15) is 5.82 Å². The lowest BCUT2D eigenvalue weighted by molar-refractivity contribution is 0.0118. The molecule has 0 radical (unpaired) electrons. The molecular formula is C17H26FN3. The quantitative estimate of drug-likeness (QED) is 0.923. The standard InChI is InChI=1S/C17H26FN3/c1-20(11-13-3-5-14(18)6-4-13)17(12-19)9-15-7-8-16(10-17)21(15)2/h3-6,15-16H,7-12,19H2,1-2H3. The Balaban J connectivity index is 1.75. The van der Waals surface area contributed by atoms with Crippen LogP contribution in [-0.4, -0.2) is 48.1 Å². The lowest BCUT2D eigenvalue weighted by Crippen LogP contribution is -2.60. The van der Waals surface area contributed by atoms with Crippen LogP contribution in [-0.2, 0) is 6.54 Å². The average molecular weight is 291 g/mol. The number of hydrogen-bond acceptors (Lipinski definition) is 3. The van der Waals surface area contributed by atoms with E-state index in [2.05, 4.69) is 23.9 Å². The summed E-state index contributed by atoms with van der Waals surface area (Å²) in [5, 5.41) is 0. The third-order valence-corrected chi connectivity index (χ3v) is 5.74. The summed E-state index contributed by atoms with van der Waals surface area (Å²) in [6.07, 6.45) is 4.89. The fourth-order valence-corrected chi connectivity index (χ4v) is 4.21. The Bertz CT molecular complexity index is 473. The van der Waals surface area contributed by atoms with Crippen LogP contribution in [0.4, 0.5) is 4.39 Å². The smallest absolute Gasteiger partial charge is 0.123 e. The van der Waals surface area contributed by atoms with Crippen LogP contribution in [0.15, 0.2) is 24.3 Å². The third kappa shape index (κ3) is 2.72. The first-order valence-corrected chi connectivity index (χ1v) is 7.92. The lowest BCUT2D eigenvalue weighted by Gasteiger charge is -2.50. The van der Waals surface area contributed by atoms with Gasteiger partial charge in [0.05, 0.1) is 0 Å². The fraction of sp³-hybridized carbons (Fsp3) is 0.647. The number of halogens is 1. The van der Waals surface area contributed by atoms with Crippen molar-refractivity contribution < 1.29 is 4.39 Å². The second kappa shape index (κ2) is 5.67. The van der Waals surface area contributed by atoms with Crippen LogP contribution in [0.2, 0.25) is 0 Å². The molecule has 2 unspecified atom stereocenters. The molecule has 2 N–H and O–H groups in total. The molecule has 2 bridgehead atoms. The molecule has 1 aromatic carbocycles. The molecule has 2 atom stereocenters. The first-order valence-electron chi connectivity index (χ1n) is 7.92. The fourth-order valence-electron chi connectivity index (χ4n) is 4.21. The molecule has 116 valence electrons. The van der Waals surface area contributed by atoms with Crippen molar-refractivity contribution in [1.29, 1.82) is 0 Å². The van der Waals surface area contributed by atoms with E-state index in [0.717, 1.165) is 24.9 Å². The zero-order chi connectivity index (χ0) is 15.0. The van der Waals surface area contributed by atoms with Gasteiger partial charge in [0.25, 0.3) is 0 Å². The van der Waals surface area contributed by atoms with Gasteiger partial charge in [0.2, 0.25) is 0 Å². The second-order valence-corrected chi connectivity index (χ2v) is 6.87. The Kier molecular flexibility index (Phi) is 4.04. The van der Waals surface area contributed by atoms with Crippen molar-refractivity contribution in [3.8, 4) is 0 Å². The van der Waals surface area contributed by atoms with Gasteiger partial charge in [0, 0.05) is 30.7 Å². The lowest BCUT2D eigenvalue weighted by atomic mass is 9.81. The summed E-state index contributed by atoms with van der Waals surface area (Å²) in [6.45, 7) is 1.53. The molecule has 0 amide bonds.